The van der Waals surface area contributed by atoms with Gasteiger partial charge in [0.15, 0.2) is 5.13 Å². The molecule has 166 valence electrons. The molecule has 0 saturated carbocycles. The van der Waals surface area contributed by atoms with Gasteiger partial charge in [0, 0.05) is 29.7 Å². The summed E-state index contributed by atoms with van der Waals surface area (Å²) in [6.45, 7) is 1.96. The number of aliphatic carboxylic acids is 1. The zero-order valence-corrected chi connectivity index (χ0v) is 18.6. The number of aromatic nitrogens is 1. The third-order valence-electron chi connectivity index (χ3n) is 4.92. The van der Waals surface area contributed by atoms with Crippen molar-refractivity contribution < 1.29 is 23.1 Å². The van der Waals surface area contributed by atoms with E-state index in [9.17, 15) is 18.0 Å². The van der Waals surface area contributed by atoms with E-state index in [0.29, 0.717) is 22.2 Å². The summed E-state index contributed by atoms with van der Waals surface area (Å²) < 4.78 is 28.2. The highest BCUT2D eigenvalue weighted by Gasteiger charge is 2.35. The Morgan fingerprint density at radius 2 is 1.91 bits per heavy atom. The molecule has 2 heterocycles. The Hall–Kier alpha value is -3.44. The minimum atomic E-state index is -3.87. The van der Waals surface area contributed by atoms with Gasteiger partial charge in [-0.15, -0.1) is 11.3 Å². The Morgan fingerprint density at radius 1 is 1.19 bits per heavy atom. The fourth-order valence-corrected chi connectivity index (χ4v) is 5.10. The van der Waals surface area contributed by atoms with Crippen molar-refractivity contribution in [3.63, 3.8) is 0 Å². The lowest BCUT2D eigenvalue weighted by Crippen LogP contribution is -2.25. The number of thiazole rings is 1. The molecule has 32 heavy (non-hydrogen) atoms. The fourth-order valence-electron chi connectivity index (χ4n) is 3.34. The maximum absolute atomic E-state index is 12.8. The first-order chi connectivity index (χ1) is 15.2. The number of carbonyl (C=O) groups excluding carboxylic acids is 1. The molecule has 1 atom stereocenters. The van der Waals surface area contributed by atoms with Crippen molar-refractivity contribution in [3.05, 3.63) is 59.6 Å². The highest BCUT2D eigenvalue weighted by atomic mass is 32.2. The van der Waals surface area contributed by atoms with Crippen molar-refractivity contribution in [1.29, 1.82) is 0 Å². The van der Waals surface area contributed by atoms with Crippen molar-refractivity contribution in [2.24, 2.45) is 5.92 Å². The van der Waals surface area contributed by atoms with Crippen LogP contribution in [0.1, 0.15) is 12.1 Å². The predicted octanol–water partition coefficient (Wildman–Crippen LogP) is 3.43. The number of anilines is 4. The van der Waals surface area contributed by atoms with Gasteiger partial charge in [-0.2, -0.15) is 0 Å². The van der Waals surface area contributed by atoms with E-state index < -0.39 is 21.9 Å². The SMILES string of the molecule is Cc1csc(Nc2cccc(NS(=O)(=O)c3ccc(N4CC(C(=O)O)CC4=O)cc3)c2)n1. The summed E-state index contributed by atoms with van der Waals surface area (Å²) in [7, 11) is -3.87. The number of nitrogens with zero attached hydrogens (tertiary/aromatic N) is 2. The van der Waals surface area contributed by atoms with Crippen LogP contribution in [0.2, 0.25) is 0 Å². The first-order valence-corrected chi connectivity index (χ1v) is 12.0. The van der Waals surface area contributed by atoms with Gasteiger partial charge in [-0.1, -0.05) is 6.07 Å². The van der Waals surface area contributed by atoms with E-state index in [4.69, 9.17) is 5.11 Å². The molecule has 1 aromatic heterocycles. The monoisotopic (exact) mass is 472 g/mol. The first-order valence-electron chi connectivity index (χ1n) is 9.66. The van der Waals surface area contributed by atoms with Crippen molar-refractivity contribution in [2.45, 2.75) is 18.2 Å². The standard InChI is InChI=1S/C21H20N4O5S2/c1-13-12-31-21(22-13)23-15-3-2-4-16(10-15)24-32(29,30)18-7-5-17(6-8-18)25-11-14(20(27)28)9-19(25)26/h2-8,10,12,14,24H,9,11H2,1H3,(H,22,23)(H,27,28). The van der Waals surface area contributed by atoms with Gasteiger partial charge in [0.25, 0.3) is 10.0 Å². The van der Waals surface area contributed by atoms with Crippen LogP contribution in [0.25, 0.3) is 0 Å². The molecule has 4 rings (SSSR count). The van der Waals surface area contributed by atoms with E-state index in [1.165, 1.54) is 40.5 Å². The van der Waals surface area contributed by atoms with Gasteiger partial charge in [-0.3, -0.25) is 14.3 Å². The maximum Gasteiger partial charge on any atom is 0.308 e. The molecule has 0 spiro atoms. The Bertz CT molecular complexity index is 1270. The number of hydrogen-bond donors (Lipinski definition) is 3. The largest absolute Gasteiger partial charge is 0.481 e. The minimum Gasteiger partial charge on any atom is -0.481 e. The van der Waals surface area contributed by atoms with Crippen LogP contribution >= 0.6 is 11.3 Å². The molecule has 1 saturated heterocycles. The van der Waals surface area contributed by atoms with Crippen LogP contribution in [0.3, 0.4) is 0 Å². The third-order valence-corrected chi connectivity index (χ3v) is 7.19. The van der Waals surface area contributed by atoms with E-state index in [2.05, 4.69) is 15.0 Å². The molecule has 0 radical (unpaired) electrons. The predicted molar refractivity (Wildman–Crippen MR) is 122 cm³/mol. The van der Waals surface area contributed by atoms with Gasteiger partial charge in [0.2, 0.25) is 5.91 Å². The average molecular weight is 473 g/mol. The van der Waals surface area contributed by atoms with E-state index in [-0.39, 0.29) is 23.8 Å². The van der Waals surface area contributed by atoms with Gasteiger partial charge in [0.05, 0.1) is 22.2 Å². The Balaban J connectivity index is 1.48. The summed E-state index contributed by atoms with van der Waals surface area (Å²) in [5.41, 5.74) is 2.43. The number of rotatable bonds is 7. The number of benzene rings is 2. The molecule has 2 aromatic carbocycles. The lowest BCUT2D eigenvalue weighted by atomic mass is 10.1. The second kappa shape index (κ2) is 8.60. The summed E-state index contributed by atoms with van der Waals surface area (Å²) in [5, 5.41) is 14.9. The Morgan fingerprint density at radius 3 is 2.53 bits per heavy atom. The van der Waals surface area contributed by atoms with Crippen LogP contribution in [-0.4, -0.2) is 36.9 Å². The second-order valence-corrected chi connectivity index (χ2v) is 9.88. The van der Waals surface area contributed by atoms with Gasteiger partial charge in [0.1, 0.15) is 0 Å². The van der Waals surface area contributed by atoms with Crippen molar-refractivity contribution in [1.82, 2.24) is 4.98 Å². The summed E-state index contributed by atoms with van der Waals surface area (Å²) in [4.78, 5) is 28.9. The number of carbonyl (C=O) groups is 2. The summed E-state index contributed by atoms with van der Waals surface area (Å²) in [6.07, 6.45) is -0.0676. The lowest BCUT2D eigenvalue weighted by molar-refractivity contribution is -0.141. The van der Waals surface area contributed by atoms with E-state index in [0.717, 1.165) is 5.69 Å². The van der Waals surface area contributed by atoms with Crippen LogP contribution in [0.15, 0.2) is 58.8 Å². The number of nitrogens with one attached hydrogen (secondary N) is 2. The molecule has 0 aliphatic carbocycles. The molecule has 11 heteroatoms. The van der Waals surface area contributed by atoms with Crippen molar-refractivity contribution in [3.8, 4) is 0 Å². The Labute approximate surface area is 188 Å². The van der Waals surface area contributed by atoms with Crippen LogP contribution in [-0.2, 0) is 19.6 Å². The summed E-state index contributed by atoms with van der Waals surface area (Å²) in [6, 6.07) is 12.6. The van der Waals surface area contributed by atoms with Gasteiger partial charge in [-0.05, 0) is 49.4 Å². The molecular weight excluding hydrogens is 452 g/mol. The van der Waals surface area contributed by atoms with Gasteiger partial charge < -0.3 is 15.3 Å². The zero-order chi connectivity index (χ0) is 22.9. The quantitative estimate of drug-likeness (QED) is 0.480. The van der Waals surface area contributed by atoms with E-state index in [1.807, 2.05) is 12.3 Å². The topological polar surface area (TPSA) is 129 Å². The lowest BCUT2D eigenvalue weighted by Gasteiger charge is -2.17. The molecule has 1 fully saturated rings. The van der Waals surface area contributed by atoms with Crippen LogP contribution in [0.4, 0.5) is 22.2 Å². The van der Waals surface area contributed by atoms with E-state index in [1.54, 1.807) is 24.3 Å². The first kappa shape index (κ1) is 21.8. The second-order valence-electron chi connectivity index (χ2n) is 7.34. The molecule has 1 amide bonds. The molecule has 1 unspecified atom stereocenters. The third kappa shape index (κ3) is 4.73. The molecule has 1 aliphatic rings. The normalized spacial score (nSPS) is 16.2. The number of amides is 1. The molecule has 3 aromatic rings. The number of sulfonamides is 1. The summed E-state index contributed by atoms with van der Waals surface area (Å²) >= 11 is 1.45. The molecule has 9 nitrogen and oxygen atoms in total. The molecule has 1 aliphatic heterocycles. The van der Waals surface area contributed by atoms with Crippen LogP contribution in [0.5, 0.6) is 0 Å². The van der Waals surface area contributed by atoms with Gasteiger partial charge in [-0.25, -0.2) is 13.4 Å². The number of aryl methyl sites for hydroxylation is 1. The van der Waals surface area contributed by atoms with E-state index >= 15 is 0 Å². The molecular formula is C21H20N4O5S2. The molecule has 0 bridgehead atoms. The maximum atomic E-state index is 12.8. The zero-order valence-electron chi connectivity index (χ0n) is 17.0. The van der Waals surface area contributed by atoms with Crippen LogP contribution < -0.4 is 14.9 Å². The Kier molecular flexibility index (Phi) is 5.85. The number of carboxylic acids is 1. The fraction of sp³-hybridized carbons (Fsp3) is 0.190. The van der Waals surface area contributed by atoms with Crippen molar-refractivity contribution in [2.75, 3.05) is 21.5 Å². The minimum absolute atomic E-state index is 0.0246. The average Bonchev–Trinajstić information content (AvgIpc) is 3.33. The highest BCUT2D eigenvalue weighted by molar-refractivity contribution is 7.92. The number of hydrogen-bond acceptors (Lipinski definition) is 7. The van der Waals surface area contributed by atoms with Gasteiger partial charge >= 0.3 is 5.97 Å². The highest BCUT2D eigenvalue weighted by Crippen LogP contribution is 2.28. The smallest absolute Gasteiger partial charge is 0.308 e. The summed E-state index contributed by atoms with van der Waals surface area (Å²) in [5.74, 6) is -2.08. The van der Waals surface area contributed by atoms with Crippen molar-refractivity contribution >= 4 is 55.4 Å². The number of carboxylic acid groups (broad SMARTS) is 1. The van der Waals surface area contributed by atoms with Crippen LogP contribution in [0, 0.1) is 12.8 Å². The molecule has 3 N–H and O–H groups in total.